The van der Waals surface area contributed by atoms with Crippen LogP contribution >= 0.6 is 0 Å². The first-order valence-corrected chi connectivity index (χ1v) is 4.12. The molecule has 0 atom stereocenters. The molecule has 0 aliphatic carbocycles. The Morgan fingerprint density at radius 2 is 2.07 bits per heavy atom. The van der Waals surface area contributed by atoms with Gasteiger partial charge in [0.25, 0.3) is 0 Å². The lowest BCUT2D eigenvalue weighted by Crippen LogP contribution is -1.90. The molecule has 0 aromatic carbocycles. The van der Waals surface area contributed by atoms with Crippen LogP contribution in [0.5, 0.6) is 0 Å². The van der Waals surface area contributed by atoms with Gasteiger partial charge in [-0.3, -0.25) is 9.97 Å². The average Bonchev–Trinajstić information content (AvgIpc) is 2.61. The first-order chi connectivity index (χ1) is 6.86. The molecule has 1 N–H and O–H groups in total. The molecule has 0 fully saturated rings. The van der Waals surface area contributed by atoms with E-state index in [1.165, 1.54) is 6.33 Å². The molecule has 14 heavy (non-hydrogen) atoms. The number of aromatic nitrogens is 4. The molecule has 0 saturated heterocycles. The molecule has 0 radical (unpaired) electrons. The van der Waals surface area contributed by atoms with E-state index in [2.05, 4.69) is 15.0 Å². The third-order valence-corrected chi connectivity index (χ3v) is 2.11. The normalized spacial score (nSPS) is 11.1. The van der Waals surface area contributed by atoms with Crippen molar-refractivity contribution in [2.75, 3.05) is 0 Å². The predicted octanol–water partition coefficient (Wildman–Crippen LogP) is 1.22. The average molecular weight is 186 g/mol. The highest BCUT2D eigenvalue weighted by Crippen LogP contribution is 2.18. The van der Waals surface area contributed by atoms with Crippen LogP contribution in [-0.4, -0.2) is 24.9 Å². The van der Waals surface area contributed by atoms with Crippen molar-refractivity contribution in [1.29, 1.82) is 0 Å². The van der Waals surface area contributed by atoms with Gasteiger partial charge in [-0.05, 0) is 12.1 Å². The molecule has 0 aliphatic heterocycles. The van der Waals surface area contributed by atoms with Crippen LogP contribution in [0.25, 0.3) is 22.1 Å². The quantitative estimate of drug-likeness (QED) is 0.536. The highest BCUT2D eigenvalue weighted by Gasteiger charge is 2.07. The molecule has 0 spiro atoms. The van der Waals surface area contributed by atoms with E-state index in [1.807, 2.05) is 6.07 Å². The molecule has 0 bridgehead atoms. The topological polar surface area (TPSA) is 63.8 Å². The highest BCUT2D eigenvalue weighted by molar-refractivity contribution is 5.98. The molecule has 0 unspecified atom stereocenters. The van der Waals surface area contributed by atoms with Gasteiger partial charge in [0.05, 0.1) is 11.7 Å². The Morgan fingerprint density at radius 3 is 3.00 bits per heavy atom. The summed E-state index contributed by atoms with van der Waals surface area (Å²) in [5.74, 6) is 0. The van der Waals surface area contributed by atoms with Crippen molar-refractivity contribution in [3.8, 4) is 0 Å². The van der Waals surface area contributed by atoms with E-state index in [0.717, 1.165) is 10.2 Å². The van der Waals surface area contributed by atoms with Gasteiger partial charge in [0.2, 0.25) is 0 Å². The molecule has 5 nitrogen and oxygen atoms in total. The van der Waals surface area contributed by atoms with E-state index >= 15 is 0 Å². The second-order valence-corrected chi connectivity index (χ2v) is 2.95. The number of pyridine rings is 2. The number of hydrogen-bond donors (Lipinski definition) is 1. The van der Waals surface area contributed by atoms with Crippen molar-refractivity contribution in [2.45, 2.75) is 0 Å². The maximum Gasteiger partial charge on any atom is 0.136 e. The van der Waals surface area contributed by atoms with Crippen LogP contribution in [0.15, 0.2) is 30.9 Å². The van der Waals surface area contributed by atoms with Gasteiger partial charge in [0, 0.05) is 6.20 Å². The lowest BCUT2D eigenvalue weighted by atomic mass is 10.3. The lowest BCUT2D eigenvalue weighted by molar-refractivity contribution is 0.198. The third-order valence-electron chi connectivity index (χ3n) is 2.11. The van der Waals surface area contributed by atoms with Crippen LogP contribution in [0.1, 0.15) is 0 Å². The van der Waals surface area contributed by atoms with Gasteiger partial charge in [-0.15, -0.1) is 0 Å². The molecule has 0 saturated carbocycles. The number of rotatable bonds is 0. The smallest absolute Gasteiger partial charge is 0.136 e. The zero-order chi connectivity index (χ0) is 9.54. The van der Waals surface area contributed by atoms with E-state index < -0.39 is 0 Å². The van der Waals surface area contributed by atoms with Crippen molar-refractivity contribution in [3.05, 3.63) is 30.9 Å². The number of nitrogens with zero attached hydrogens (tertiary/aromatic N) is 4. The maximum atomic E-state index is 9.50. The summed E-state index contributed by atoms with van der Waals surface area (Å²) in [5, 5.41) is 9.50. The Morgan fingerprint density at radius 1 is 1.14 bits per heavy atom. The lowest BCUT2D eigenvalue weighted by Gasteiger charge is -1.97. The van der Waals surface area contributed by atoms with Gasteiger partial charge in [-0.1, -0.05) is 0 Å². The molecule has 5 heteroatoms. The largest absolute Gasteiger partial charge is 0.427 e. The molecule has 0 aliphatic rings. The first-order valence-electron chi connectivity index (χ1n) is 4.12. The number of hydrogen-bond acceptors (Lipinski definition) is 4. The molecule has 3 aromatic heterocycles. The van der Waals surface area contributed by atoms with E-state index in [1.54, 1.807) is 18.5 Å². The van der Waals surface area contributed by atoms with Gasteiger partial charge in [-0.25, -0.2) is 4.98 Å². The second kappa shape index (κ2) is 2.41. The van der Waals surface area contributed by atoms with Gasteiger partial charge in [-0.2, -0.15) is 4.73 Å². The second-order valence-electron chi connectivity index (χ2n) is 2.95. The van der Waals surface area contributed by atoms with E-state index in [4.69, 9.17) is 0 Å². The fraction of sp³-hybridized carbons (Fsp3) is 0. The van der Waals surface area contributed by atoms with Crippen LogP contribution in [0.2, 0.25) is 0 Å². The zero-order valence-electron chi connectivity index (χ0n) is 7.12. The van der Waals surface area contributed by atoms with Crippen LogP contribution < -0.4 is 0 Å². The Kier molecular flexibility index (Phi) is 1.25. The molecular formula is C9H6N4O. The highest BCUT2D eigenvalue weighted by atomic mass is 16.5. The Hall–Kier alpha value is -2.17. The molecule has 3 rings (SSSR count). The first kappa shape index (κ1) is 7.25. The summed E-state index contributed by atoms with van der Waals surface area (Å²) < 4.78 is 0.965. The van der Waals surface area contributed by atoms with Crippen LogP contribution in [-0.2, 0) is 0 Å². The minimum atomic E-state index is 0.593. The van der Waals surface area contributed by atoms with Crippen molar-refractivity contribution < 1.29 is 5.21 Å². The zero-order valence-corrected chi connectivity index (χ0v) is 7.12. The van der Waals surface area contributed by atoms with Gasteiger partial charge < -0.3 is 5.21 Å². The van der Waals surface area contributed by atoms with Crippen LogP contribution in [0, 0.1) is 0 Å². The molecule has 3 heterocycles. The summed E-state index contributed by atoms with van der Waals surface area (Å²) in [7, 11) is 0. The van der Waals surface area contributed by atoms with E-state index in [-0.39, 0.29) is 0 Å². The molecule has 0 amide bonds. The van der Waals surface area contributed by atoms with Crippen LogP contribution in [0.4, 0.5) is 0 Å². The monoisotopic (exact) mass is 186 g/mol. The predicted molar refractivity (Wildman–Crippen MR) is 50.0 cm³/mol. The molecular weight excluding hydrogens is 180 g/mol. The molecule has 68 valence electrons. The van der Waals surface area contributed by atoms with E-state index in [0.29, 0.717) is 16.6 Å². The summed E-state index contributed by atoms with van der Waals surface area (Å²) in [6.45, 7) is 0. The Balaban J connectivity index is 2.65. The summed E-state index contributed by atoms with van der Waals surface area (Å²) in [5.41, 5.74) is 2.63. The van der Waals surface area contributed by atoms with Gasteiger partial charge in [0.15, 0.2) is 0 Å². The summed E-state index contributed by atoms with van der Waals surface area (Å²) in [6.07, 6.45) is 4.61. The minimum Gasteiger partial charge on any atom is -0.427 e. The van der Waals surface area contributed by atoms with Gasteiger partial charge >= 0.3 is 0 Å². The fourth-order valence-corrected chi connectivity index (χ4v) is 1.49. The standard InChI is InChI=1S/C9H6N4O/c14-13-5-12-7-4-11-6-2-1-3-10-8(6)9(7)13/h1-5,14H. The van der Waals surface area contributed by atoms with Crippen molar-refractivity contribution in [2.24, 2.45) is 0 Å². The van der Waals surface area contributed by atoms with Crippen molar-refractivity contribution >= 4 is 22.1 Å². The summed E-state index contributed by atoms with van der Waals surface area (Å²) in [6, 6.07) is 3.65. The Labute approximate surface area is 78.6 Å². The molecule has 3 aromatic rings. The summed E-state index contributed by atoms with van der Waals surface area (Å²) in [4.78, 5) is 12.3. The van der Waals surface area contributed by atoms with Crippen molar-refractivity contribution in [1.82, 2.24) is 19.7 Å². The number of fused-ring (bicyclic) bond motifs is 3. The Bertz CT molecular complexity index is 616. The van der Waals surface area contributed by atoms with Gasteiger partial charge in [0.1, 0.15) is 22.9 Å². The SMILES string of the molecule is On1cnc2cnc3cccnc3c21. The fourth-order valence-electron chi connectivity index (χ4n) is 1.49. The van der Waals surface area contributed by atoms with E-state index in [9.17, 15) is 5.21 Å². The summed E-state index contributed by atoms with van der Waals surface area (Å²) >= 11 is 0. The van der Waals surface area contributed by atoms with Crippen LogP contribution in [0.3, 0.4) is 0 Å². The maximum absolute atomic E-state index is 9.50. The third kappa shape index (κ3) is 0.806. The number of imidazole rings is 1. The minimum absolute atomic E-state index is 0.593. The van der Waals surface area contributed by atoms with Crippen molar-refractivity contribution in [3.63, 3.8) is 0 Å².